The van der Waals surface area contributed by atoms with Crippen LogP contribution in [0.2, 0.25) is 0 Å². The summed E-state index contributed by atoms with van der Waals surface area (Å²) in [6.07, 6.45) is 3.27. The summed E-state index contributed by atoms with van der Waals surface area (Å²) in [5.74, 6) is 1.09. The van der Waals surface area contributed by atoms with Crippen LogP contribution in [0, 0.1) is 0 Å². The molecule has 1 heterocycles. The van der Waals surface area contributed by atoms with Crippen LogP contribution in [0.1, 0.15) is 28.9 Å². The van der Waals surface area contributed by atoms with Gasteiger partial charge in [-0.1, -0.05) is 24.3 Å². The van der Waals surface area contributed by atoms with Gasteiger partial charge in [-0.2, -0.15) is 5.10 Å². The summed E-state index contributed by atoms with van der Waals surface area (Å²) >= 11 is 0. The minimum atomic E-state index is -0.192. The van der Waals surface area contributed by atoms with Crippen molar-refractivity contribution in [3.05, 3.63) is 72.1 Å². The Morgan fingerprint density at radius 2 is 1.81 bits per heavy atom. The van der Waals surface area contributed by atoms with Crippen LogP contribution in [0.3, 0.4) is 0 Å². The molecule has 0 aliphatic rings. The molecule has 0 spiro atoms. The molecule has 1 N–H and O–H groups in total. The fraction of sp³-hybridized carbons (Fsp3) is 0.200. The molecule has 26 heavy (non-hydrogen) atoms. The van der Waals surface area contributed by atoms with Gasteiger partial charge in [-0.15, -0.1) is 0 Å². The van der Waals surface area contributed by atoms with E-state index in [4.69, 9.17) is 9.47 Å². The van der Waals surface area contributed by atoms with Crippen LogP contribution in [0.15, 0.2) is 60.9 Å². The van der Waals surface area contributed by atoms with Crippen molar-refractivity contribution in [2.45, 2.75) is 13.0 Å². The predicted molar refractivity (Wildman–Crippen MR) is 99.0 cm³/mol. The minimum absolute atomic E-state index is 0.186. The number of benzene rings is 2. The largest absolute Gasteiger partial charge is 0.493 e. The molecule has 6 heteroatoms. The van der Waals surface area contributed by atoms with E-state index in [9.17, 15) is 4.79 Å². The second-order valence-electron chi connectivity index (χ2n) is 5.82. The van der Waals surface area contributed by atoms with E-state index in [0.717, 1.165) is 11.3 Å². The molecule has 1 unspecified atom stereocenters. The summed E-state index contributed by atoms with van der Waals surface area (Å²) in [5, 5.41) is 7.23. The van der Waals surface area contributed by atoms with Crippen molar-refractivity contribution in [2.75, 3.05) is 14.2 Å². The Balaban J connectivity index is 1.73. The summed E-state index contributed by atoms with van der Waals surface area (Å²) in [5.41, 5.74) is 2.33. The highest BCUT2D eigenvalue weighted by Gasteiger charge is 2.15. The summed E-state index contributed by atoms with van der Waals surface area (Å²) in [7, 11) is 3.18. The molecule has 134 valence electrons. The molecule has 1 atom stereocenters. The maximum atomic E-state index is 12.5. The normalized spacial score (nSPS) is 11.7. The average Bonchev–Trinajstić information content (AvgIpc) is 3.18. The number of hydrogen-bond donors (Lipinski definition) is 1. The molecule has 6 nitrogen and oxygen atoms in total. The maximum Gasteiger partial charge on any atom is 0.254 e. The fourth-order valence-electron chi connectivity index (χ4n) is 2.65. The van der Waals surface area contributed by atoms with E-state index in [0.29, 0.717) is 17.1 Å². The molecule has 1 aromatic heterocycles. The lowest BCUT2D eigenvalue weighted by Gasteiger charge is -2.16. The number of ether oxygens (including phenoxy) is 2. The average molecular weight is 351 g/mol. The molecule has 0 fully saturated rings. The Bertz CT molecular complexity index is 890. The van der Waals surface area contributed by atoms with E-state index in [-0.39, 0.29) is 11.9 Å². The predicted octanol–water partition coefficient (Wildman–Crippen LogP) is 3.38. The lowest BCUT2D eigenvalue weighted by atomic mass is 10.1. The van der Waals surface area contributed by atoms with Crippen molar-refractivity contribution in [3.8, 4) is 17.2 Å². The zero-order chi connectivity index (χ0) is 18.5. The summed E-state index contributed by atoms with van der Waals surface area (Å²) in [4.78, 5) is 12.5. The number of hydrogen-bond acceptors (Lipinski definition) is 4. The zero-order valence-corrected chi connectivity index (χ0v) is 15.0. The van der Waals surface area contributed by atoms with Crippen molar-refractivity contribution >= 4 is 5.91 Å². The van der Waals surface area contributed by atoms with Gasteiger partial charge >= 0.3 is 0 Å². The first kappa shape index (κ1) is 17.5. The van der Waals surface area contributed by atoms with Gasteiger partial charge in [0.25, 0.3) is 5.91 Å². The monoisotopic (exact) mass is 351 g/mol. The molecule has 0 radical (unpaired) electrons. The number of carbonyl (C=O) groups is 1. The van der Waals surface area contributed by atoms with Gasteiger partial charge in [0.05, 0.1) is 37.7 Å². The maximum absolute atomic E-state index is 12.5. The highest BCUT2D eigenvalue weighted by atomic mass is 16.5. The van der Waals surface area contributed by atoms with Crippen LogP contribution in [-0.4, -0.2) is 29.9 Å². The van der Waals surface area contributed by atoms with Crippen LogP contribution >= 0.6 is 0 Å². The van der Waals surface area contributed by atoms with Crippen molar-refractivity contribution in [1.29, 1.82) is 0 Å². The molecule has 3 aromatic rings. The number of aromatic nitrogens is 2. The lowest BCUT2D eigenvalue weighted by molar-refractivity contribution is 0.0940. The number of para-hydroxylation sites is 1. The topological polar surface area (TPSA) is 65.4 Å². The smallest absolute Gasteiger partial charge is 0.254 e. The highest BCUT2D eigenvalue weighted by Crippen LogP contribution is 2.29. The Morgan fingerprint density at radius 1 is 1.08 bits per heavy atom. The van der Waals surface area contributed by atoms with Crippen LogP contribution < -0.4 is 14.8 Å². The zero-order valence-electron chi connectivity index (χ0n) is 15.0. The van der Waals surface area contributed by atoms with E-state index in [2.05, 4.69) is 10.4 Å². The van der Waals surface area contributed by atoms with E-state index in [1.54, 1.807) is 31.3 Å². The first-order valence-corrected chi connectivity index (χ1v) is 8.25. The molecule has 0 aliphatic carbocycles. The highest BCUT2D eigenvalue weighted by molar-refractivity contribution is 5.94. The number of amides is 1. The third-order valence-corrected chi connectivity index (χ3v) is 4.12. The van der Waals surface area contributed by atoms with Gasteiger partial charge in [-0.3, -0.25) is 4.79 Å². The van der Waals surface area contributed by atoms with Crippen molar-refractivity contribution in [2.24, 2.45) is 0 Å². The minimum Gasteiger partial charge on any atom is -0.493 e. The van der Waals surface area contributed by atoms with Gasteiger partial charge in [-0.05, 0) is 36.8 Å². The Hall–Kier alpha value is -3.28. The molecular weight excluding hydrogens is 330 g/mol. The van der Waals surface area contributed by atoms with E-state index in [1.165, 1.54) is 0 Å². The van der Waals surface area contributed by atoms with Crippen LogP contribution in [0.25, 0.3) is 5.69 Å². The van der Waals surface area contributed by atoms with Crippen molar-refractivity contribution in [3.63, 3.8) is 0 Å². The van der Waals surface area contributed by atoms with Gasteiger partial charge in [0.1, 0.15) is 0 Å². The third-order valence-electron chi connectivity index (χ3n) is 4.12. The molecule has 2 aromatic carbocycles. The number of nitrogens with one attached hydrogen (secondary N) is 1. The molecule has 0 saturated carbocycles. The second kappa shape index (κ2) is 7.74. The van der Waals surface area contributed by atoms with Gasteiger partial charge in [-0.25, -0.2) is 4.68 Å². The molecular formula is C20H21N3O3. The van der Waals surface area contributed by atoms with Gasteiger partial charge < -0.3 is 14.8 Å². The molecule has 0 saturated heterocycles. The SMILES string of the molecule is COc1ccc(C(C)NC(=O)c2cnn(-c3ccccc3)c2)cc1OC. The fourth-order valence-corrected chi connectivity index (χ4v) is 2.65. The molecule has 3 rings (SSSR count). The quantitative estimate of drug-likeness (QED) is 0.739. The summed E-state index contributed by atoms with van der Waals surface area (Å²) in [6, 6.07) is 15.0. The molecule has 1 amide bonds. The van der Waals surface area contributed by atoms with E-state index < -0.39 is 0 Å². The Kier molecular flexibility index (Phi) is 5.22. The second-order valence-corrected chi connectivity index (χ2v) is 5.82. The Labute approximate surface area is 152 Å². The summed E-state index contributed by atoms with van der Waals surface area (Å²) < 4.78 is 12.2. The number of carbonyl (C=O) groups excluding carboxylic acids is 1. The summed E-state index contributed by atoms with van der Waals surface area (Å²) in [6.45, 7) is 1.92. The number of nitrogens with zero attached hydrogens (tertiary/aromatic N) is 2. The molecule has 0 bridgehead atoms. The number of rotatable bonds is 6. The lowest BCUT2D eigenvalue weighted by Crippen LogP contribution is -2.26. The standard InChI is InChI=1S/C20H21N3O3/c1-14(15-9-10-18(25-2)19(11-15)26-3)22-20(24)16-12-21-23(13-16)17-7-5-4-6-8-17/h4-14H,1-3H3,(H,22,24). The van der Waals surface area contributed by atoms with Gasteiger partial charge in [0.2, 0.25) is 0 Å². The van der Waals surface area contributed by atoms with Gasteiger partial charge in [0.15, 0.2) is 11.5 Å². The van der Waals surface area contributed by atoms with Gasteiger partial charge in [0, 0.05) is 6.20 Å². The van der Waals surface area contributed by atoms with Crippen LogP contribution in [-0.2, 0) is 0 Å². The van der Waals surface area contributed by atoms with E-state index >= 15 is 0 Å². The third kappa shape index (κ3) is 3.69. The first-order chi connectivity index (χ1) is 12.6. The van der Waals surface area contributed by atoms with Crippen molar-refractivity contribution in [1.82, 2.24) is 15.1 Å². The number of methoxy groups -OCH3 is 2. The molecule has 0 aliphatic heterocycles. The van der Waals surface area contributed by atoms with Crippen molar-refractivity contribution < 1.29 is 14.3 Å². The van der Waals surface area contributed by atoms with Crippen LogP contribution in [0.5, 0.6) is 11.5 Å². The van der Waals surface area contributed by atoms with E-state index in [1.807, 2.05) is 55.5 Å². The van der Waals surface area contributed by atoms with Crippen LogP contribution in [0.4, 0.5) is 0 Å². The Morgan fingerprint density at radius 3 is 2.50 bits per heavy atom. The first-order valence-electron chi connectivity index (χ1n) is 8.25.